The number of hydrogen-bond acceptors (Lipinski definition) is 3. The standard InChI is InChI=1S/C11H10F2N4O/c12-8-2-9(13)10(1-7(8)11(14)18)16-4-6-3-15-5-17-6/h1-3,5,16H,4H2,(H2,14,18)(H,15,17). The Kier molecular flexibility index (Phi) is 3.22. The van der Waals surface area contributed by atoms with Crippen molar-refractivity contribution in [2.45, 2.75) is 6.54 Å². The molecule has 0 radical (unpaired) electrons. The van der Waals surface area contributed by atoms with Crippen molar-refractivity contribution in [3.05, 3.63) is 47.5 Å². The fourth-order valence-electron chi connectivity index (χ4n) is 1.45. The number of aromatic amines is 1. The van der Waals surface area contributed by atoms with Crippen molar-refractivity contribution in [3.8, 4) is 0 Å². The fraction of sp³-hybridized carbons (Fsp3) is 0.0909. The molecule has 5 nitrogen and oxygen atoms in total. The summed E-state index contributed by atoms with van der Waals surface area (Å²) in [4.78, 5) is 17.5. The number of hydrogen-bond donors (Lipinski definition) is 3. The van der Waals surface area contributed by atoms with Gasteiger partial charge in [0, 0.05) is 12.3 Å². The van der Waals surface area contributed by atoms with Gasteiger partial charge < -0.3 is 16.0 Å². The van der Waals surface area contributed by atoms with Crippen molar-refractivity contribution in [3.63, 3.8) is 0 Å². The largest absolute Gasteiger partial charge is 0.377 e. The first-order valence-corrected chi connectivity index (χ1v) is 5.08. The number of nitrogens with one attached hydrogen (secondary N) is 2. The van der Waals surface area contributed by atoms with Crippen molar-refractivity contribution in [2.24, 2.45) is 5.73 Å². The number of halogens is 2. The van der Waals surface area contributed by atoms with Crippen molar-refractivity contribution < 1.29 is 13.6 Å². The van der Waals surface area contributed by atoms with E-state index in [9.17, 15) is 13.6 Å². The number of anilines is 1. The highest BCUT2D eigenvalue weighted by Crippen LogP contribution is 2.19. The lowest BCUT2D eigenvalue weighted by Gasteiger charge is -2.08. The Hall–Kier alpha value is -2.44. The summed E-state index contributed by atoms with van der Waals surface area (Å²) >= 11 is 0. The molecule has 0 saturated heterocycles. The molecule has 1 aromatic carbocycles. The molecule has 1 aromatic heterocycles. The van der Waals surface area contributed by atoms with Crippen LogP contribution in [0.5, 0.6) is 0 Å². The van der Waals surface area contributed by atoms with Gasteiger partial charge in [-0.15, -0.1) is 0 Å². The second-order valence-corrected chi connectivity index (χ2v) is 3.61. The van der Waals surface area contributed by atoms with Gasteiger partial charge in [0.05, 0.1) is 29.8 Å². The van der Waals surface area contributed by atoms with E-state index in [1.807, 2.05) is 0 Å². The number of primary amides is 1. The minimum atomic E-state index is -0.980. The number of carbonyl (C=O) groups excluding carboxylic acids is 1. The normalized spacial score (nSPS) is 10.3. The lowest BCUT2D eigenvalue weighted by atomic mass is 10.1. The second-order valence-electron chi connectivity index (χ2n) is 3.61. The summed E-state index contributed by atoms with van der Waals surface area (Å²) in [6, 6.07) is 1.67. The molecule has 0 aliphatic rings. The molecule has 2 aromatic rings. The van der Waals surface area contributed by atoms with E-state index < -0.39 is 17.5 Å². The lowest BCUT2D eigenvalue weighted by Crippen LogP contribution is -2.14. The summed E-state index contributed by atoms with van der Waals surface area (Å²) in [5, 5.41) is 2.72. The van der Waals surface area contributed by atoms with Crippen LogP contribution in [-0.4, -0.2) is 15.9 Å². The van der Waals surface area contributed by atoms with Crippen LogP contribution in [0, 0.1) is 11.6 Å². The molecule has 2 rings (SSSR count). The van der Waals surface area contributed by atoms with E-state index >= 15 is 0 Å². The van der Waals surface area contributed by atoms with Gasteiger partial charge in [0.25, 0.3) is 5.91 Å². The van der Waals surface area contributed by atoms with Gasteiger partial charge in [0.1, 0.15) is 11.6 Å². The molecule has 1 amide bonds. The van der Waals surface area contributed by atoms with Crippen LogP contribution < -0.4 is 11.1 Å². The predicted octanol–water partition coefficient (Wildman–Crippen LogP) is 1.40. The topological polar surface area (TPSA) is 83.8 Å². The molecule has 0 unspecified atom stereocenters. The SMILES string of the molecule is NC(=O)c1cc(NCc2cnc[nH]2)c(F)cc1F. The van der Waals surface area contributed by atoms with Crippen LogP contribution in [0.4, 0.5) is 14.5 Å². The molecule has 7 heteroatoms. The maximum absolute atomic E-state index is 13.4. The zero-order valence-electron chi connectivity index (χ0n) is 9.21. The van der Waals surface area contributed by atoms with Crippen molar-refractivity contribution in [1.82, 2.24) is 9.97 Å². The van der Waals surface area contributed by atoms with Gasteiger partial charge >= 0.3 is 0 Å². The third-order valence-electron chi connectivity index (χ3n) is 2.35. The molecule has 94 valence electrons. The van der Waals surface area contributed by atoms with Gasteiger partial charge in [-0.2, -0.15) is 0 Å². The summed E-state index contributed by atoms with van der Waals surface area (Å²) in [5.74, 6) is -2.72. The Morgan fingerprint density at radius 3 is 2.78 bits per heavy atom. The lowest BCUT2D eigenvalue weighted by molar-refractivity contribution is 0.0996. The summed E-state index contributed by atoms with van der Waals surface area (Å²) < 4.78 is 26.7. The first-order valence-electron chi connectivity index (χ1n) is 5.08. The molecule has 0 bridgehead atoms. The number of rotatable bonds is 4. The molecule has 0 spiro atoms. The maximum Gasteiger partial charge on any atom is 0.251 e. The van der Waals surface area contributed by atoms with Crippen LogP contribution in [0.3, 0.4) is 0 Å². The molecule has 18 heavy (non-hydrogen) atoms. The monoisotopic (exact) mass is 252 g/mol. The van der Waals surface area contributed by atoms with Gasteiger partial charge in [0.15, 0.2) is 0 Å². The fourth-order valence-corrected chi connectivity index (χ4v) is 1.45. The minimum Gasteiger partial charge on any atom is -0.377 e. The quantitative estimate of drug-likeness (QED) is 0.769. The van der Waals surface area contributed by atoms with Gasteiger partial charge in [0.2, 0.25) is 0 Å². The molecule has 1 heterocycles. The van der Waals surface area contributed by atoms with E-state index in [0.29, 0.717) is 6.07 Å². The van der Waals surface area contributed by atoms with Gasteiger partial charge in [-0.1, -0.05) is 0 Å². The number of aromatic nitrogens is 2. The first kappa shape index (κ1) is 12.0. The van der Waals surface area contributed by atoms with E-state index in [4.69, 9.17) is 5.73 Å². The van der Waals surface area contributed by atoms with E-state index in [0.717, 1.165) is 11.8 Å². The van der Waals surface area contributed by atoms with Crippen LogP contribution in [0.1, 0.15) is 16.1 Å². The third kappa shape index (κ3) is 2.45. The van der Waals surface area contributed by atoms with Crippen LogP contribution in [0.25, 0.3) is 0 Å². The summed E-state index contributed by atoms with van der Waals surface area (Å²) in [6.07, 6.45) is 3.04. The van der Waals surface area contributed by atoms with Crippen molar-refractivity contribution in [2.75, 3.05) is 5.32 Å². The summed E-state index contributed by atoms with van der Waals surface area (Å²) in [7, 11) is 0. The second kappa shape index (κ2) is 4.82. The Bertz CT molecular complexity index is 569. The zero-order valence-corrected chi connectivity index (χ0v) is 9.21. The number of imidazole rings is 1. The molecular formula is C11H10F2N4O. The van der Waals surface area contributed by atoms with E-state index in [2.05, 4.69) is 15.3 Å². The minimum absolute atomic E-state index is 0.000185. The Morgan fingerprint density at radius 2 is 2.17 bits per heavy atom. The highest BCUT2D eigenvalue weighted by atomic mass is 19.1. The number of amides is 1. The Balaban J connectivity index is 2.22. The average Bonchev–Trinajstić information content (AvgIpc) is 2.80. The molecular weight excluding hydrogens is 242 g/mol. The number of benzene rings is 1. The Labute approximate surface area is 101 Å². The average molecular weight is 252 g/mol. The molecule has 0 aliphatic carbocycles. The predicted molar refractivity (Wildman–Crippen MR) is 60.8 cm³/mol. The highest BCUT2D eigenvalue weighted by molar-refractivity contribution is 5.94. The highest BCUT2D eigenvalue weighted by Gasteiger charge is 2.13. The van der Waals surface area contributed by atoms with E-state index in [1.54, 1.807) is 6.20 Å². The summed E-state index contributed by atoms with van der Waals surface area (Å²) in [6.45, 7) is 0.265. The van der Waals surface area contributed by atoms with E-state index in [1.165, 1.54) is 6.33 Å². The number of carbonyl (C=O) groups is 1. The molecule has 0 fully saturated rings. The number of H-pyrrole nitrogens is 1. The van der Waals surface area contributed by atoms with Crippen LogP contribution in [0.15, 0.2) is 24.7 Å². The number of nitrogens with two attached hydrogens (primary N) is 1. The smallest absolute Gasteiger partial charge is 0.251 e. The van der Waals surface area contributed by atoms with Gasteiger partial charge in [-0.05, 0) is 6.07 Å². The molecule has 0 saturated carbocycles. The third-order valence-corrected chi connectivity index (χ3v) is 2.35. The van der Waals surface area contributed by atoms with Crippen LogP contribution in [0.2, 0.25) is 0 Å². The van der Waals surface area contributed by atoms with Crippen LogP contribution >= 0.6 is 0 Å². The van der Waals surface area contributed by atoms with Crippen molar-refractivity contribution in [1.29, 1.82) is 0 Å². The van der Waals surface area contributed by atoms with Crippen LogP contribution in [-0.2, 0) is 6.54 Å². The maximum atomic E-state index is 13.4. The number of nitrogens with zero attached hydrogens (tertiary/aromatic N) is 1. The van der Waals surface area contributed by atoms with Gasteiger partial charge in [-0.3, -0.25) is 4.79 Å². The first-order chi connectivity index (χ1) is 8.58. The summed E-state index contributed by atoms with van der Waals surface area (Å²) in [5.41, 5.74) is 5.34. The molecule has 4 N–H and O–H groups in total. The van der Waals surface area contributed by atoms with E-state index in [-0.39, 0.29) is 17.8 Å². The molecule has 0 aliphatic heterocycles. The zero-order chi connectivity index (χ0) is 13.1. The van der Waals surface area contributed by atoms with Gasteiger partial charge in [-0.25, -0.2) is 13.8 Å². The van der Waals surface area contributed by atoms with Crippen molar-refractivity contribution >= 4 is 11.6 Å². The molecule has 0 atom stereocenters. The Morgan fingerprint density at radius 1 is 1.39 bits per heavy atom.